The molecule has 1 rings (SSSR count). The summed E-state index contributed by atoms with van der Waals surface area (Å²) in [6.07, 6.45) is 0. The summed E-state index contributed by atoms with van der Waals surface area (Å²) in [5.74, 6) is 0.463. The molecule has 0 radical (unpaired) electrons. The Bertz CT molecular complexity index is 416. The van der Waals surface area contributed by atoms with Crippen LogP contribution in [-0.2, 0) is 0 Å². The highest BCUT2D eigenvalue weighted by molar-refractivity contribution is 5.99. The maximum absolute atomic E-state index is 12.5. The number of carbonyl (C=O) groups is 1. The molecule has 4 heteroatoms. The smallest absolute Gasteiger partial charge is 0.255 e. The summed E-state index contributed by atoms with van der Waals surface area (Å²) in [4.78, 5) is 16.5. The monoisotopic (exact) mass is 263 g/mol. The van der Waals surface area contributed by atoms with Gasteiger partial charge in [0.1, 0.15) is 0 Å². The zero-order valence-electron chi connectivity index (χ0n) is 12.4. The quantitative estimate of drug-likeness (QED) is 0.798. The molecule has 0 fully saturated rings. The van der Waals surface area contributed by atoms with Crippen LogP contribution in [0.2, 0.25) is 0 Å². The Labute approximate surface area is 116 Å². The van der Waals surface area contributed by atoms with E-state index in [9.17, 15) is 4.79 Å². The van der Waals surface area contributed by atoms with Gasteiger partial charge in [0.05, 0.1) is 5.56 Å². The zero-order valence-corrected chi connectivity index (χ0v) is 12.4. The summed E-state index contributed by atoms with van der Waals surface area (Å²) >= 11 is 0. The van der Waals surface area contributed by atoms with Gasteiger partial charge in [-0.1, -0.05) is 26.0 Å². The van der Waals surface area contributed by atoms with Crippen LogP contribution in [0.3, 0.4) is 0 Å². The van der Waals surface area contributed by atoms with Crippen LogP contribution < -0.4 is 5.73 Å². The number of hydrogen-bond donors (Lipinski definition) is 1. The van der Waals surface area contributed by atoms with E-state index < -0.39 is 0 Å². The number of nitrogens with two attached hydrogens (primary N) is 1. The third kappa shape index (κ3) is 4.91. The predicted molar refractivity (Wildman–Crippen MR) is 80.1 cm³/mol. The topological polar surface area (TPSA) is 49.6 Å². The van der Waals surface area contributed by atoms with E-state index in [1.54, 1.807) is 12.1 Å². The molecule has 0 aliphatic carbocycles. The first-order valence-corrected chi connectivity index (χ1v) is 6.70. The van der Waals surface area contributed by atoms with Crippen LogP contribution in [0.5, 0.6) is 0 Å². The fourth-order valence-electron chi connectivity index (χ4n) is 1.90. The van der Waals surface area contributed by atoms with Crippen molar-refractivity contribution in [3.8, 4) is 0 Å². The van der Waals surface area contributed by atoms with Crippen molar-refractivity contribution in [2.24, 2.45) is 5.92 Å². The zero-order chi connectivity index (χ0) is 14.4. The van der Waals surface area contributed by atoms with Gasteiger partial charge in [-0.15, -0.1) is 0 Å². The molecule has 0 aliphatic rings. The highest BCUT2D eigenvalue weighted by Gasteiger charge is 2.18. The number of anilines is 1. The molecule has 0 aliphatic heterocycles. The van der Waals surface area contributed by atoms with E-state index in [2.05, 4.69) is 18.7 Å². The van der Waals surface area contributed by atoms with E-state index in [4.69, 9.17) is 5.73 Å². The van der Waals surface area contributed by atoms with Crippen LogP contribution in [0, 0.1) is 5.92 Å². The standard InChI is InChI=1S/C15H25N3O/c1-12(2)11-18(10-9-17(3)4)15(19)13-7-5-6-8-14(13)16/h5-8,12H,9-11,16H2,1-4H3. The van der Waals surface area contributed by atoms with E-state index >= 15 is 0 Å². The molecule has 4 nitrogen and oxygen atoms in total. The second-order valence-electron chi connectivity index (χ2n) is 5.54. The van der Waals surface area contributed by atoms with Gasteiger partial charge >= 0.3 is 0 Å². The van der Waals surface area contributed by atoms with Crippen LogP contribution in [-0.4, -0.2) is 49.4 Å². The van der Waals surface area contributed by atoms with Crippen molar-refractivity contribution in [3.05, 3.63) is 29.8 Å². The molecule has 0 unspecified atom stereocenters. The van der Waals surface area contributed by atoms with Crippen molar-refractivity contribution in [1.82, 2.24) is 9.80 Å². The van der Waals surface area contributed by atoms with Gasteiger partial charge in [-0.05, 0) is 32.1 Å². The maximum Gasteiger partial charge on any atom is 0.255 e. The molecule has 19 heavy (non-hydrogen) atoms. The fourth-order valence-corrected chi connectivity index (χ4v) is 1.90. The van der Waals surface area contributed by atoms with Gasteiger partial charge in [0, 0.05) is 25.3 Å². The summed E-state index contributed by atoms with van der Waals surface area (Å²) < 4.78 is 0. The SMILES string of the molecule is CC(C)CN(CCN(C)C)C(=O)c1ccccc1N. The first kappa shape index (κ1) is 15.5. The number of amides is 1. The van der Waals surface area contributed by atoms with E-state index in [0.717, 1.165) is 19.6 Å². The van der Waals surface area contributed by atoms with Crippen molar-refractivity contribution in [3.63, 3.8) is 0 Å². The van der Waals surface area contributed by atoms with Crippen LogP contribution in [0.15, 0.2) is 24.3 Å². The number of benzene rings is 1. The van der Waals surface area contributed by atoms with Crippen LogP contribution in [0.1, 0.15) is 24.2 Å². The first-order chi connectivity index (χ1) is 8.91. The highest BCUT2D eigenvalue weighted by atomic mass is 16.2. The molecule has 0 heterocycles. The van der Waals surface area contributed by atoms with Crippen LogP contribution in [0.4, 0.5) is 5.69 Å². The number of hydrogen-bond acceptors (Lipinski definition) is 3. The van der Waals surface area contributed by atoms with E-state index in [0.29, 0.717) is 17.2 Å². The third-order valence-electron chi connectivity index (χ3n) is 2.88. The average Bonchev–Trinajstić information content (AvgIpc) is 2.33. The molecule has 1 aromatic carbocycles. The molecule has 0 bridgehead atoms. The normalized spacial score (nSPS) is 11.1. The van der Waals surface area contributed by atoms with Crippen molar-refractivity contribution < 1.29 is 4.79 Å². The number of carbonyl (C=O) groups excluding carboxylic acids is 1. The van der Waals surface area contributed by atoms with Gasteiger partial charge < -0.3 is 15.5 Å². The number of nitrogen functional groups attached to an aromatic ring is 1. The lowest BCUT2D eigenvalue weighted by atomic mass is 10.1. The van der Waals surface area contributed by atoms with Crippen LogP contribution in [0.25, 0.3) is 0 Å². The average molecular weight is 263 g/mol. The second kappa shape index (κ2) is 7.14. The molecule has 0 atom stereocenters. The lowest BCUT2D eigenvalue weighted by Gasteiger charge is -2.26. The predicted octanol–water partition coefficient (Wildman–Crippen LogP) is 1.93. The summed E-state index contributed by atoms with van der Waals surface area (Å²) in [5, 5.41) is 0. The molecule has 2 N–H and O–H groups in total. The van der Waals surface area contributed by atoms with Crippen molar-refractivity contribution in [1.29, 1.82) is 0 Å². The Morgan fingerprint density at radius 2 is 1.84 bits per heavy atom. The summed E-state index contributed by atoms with van der Waals surface area (Å²) in [6, 6.07) is 7.26. The molecule has 106 valence electrons. The summed E-state index contributed by atoms with van der Waals surface area (Å²) in [7, 11) is 4.02. The lowest BCUT2D eigenvalue weighted by Crippen LogP contribution is -2.39. The van der Waals surface area contributed by atoms with Gasteiger partial charge in [-0.2, -0.15) is 0 Å². The van der Waals surface area contributed by atoms with E-state index in [1.165, 1.54) is 0 Å². The third-order valence-corrected chi connectivity index (χ3v) is 2.88. The Morgan fingerprint density at radius 3 is 2.37 bits per heavy atom. The van der Waals surface area contributed by atoms with E-state index in [1.807, 2.05) is 31.1 Å². The second-order valence-corrected chi connectivity index (χ2v) is 5.54. The lowest BCUT2D eigenvalue weighted by molar-refractivity contribution is 0.0726. The molecule has 0 saturated carbocycles. The fraction of sp³-hybridized carbons (Fsp3) is 0.533. The minimum absolute atomic E-state index is 0.0219. The Kier molecular flexibility index (Phi) is 5.83. The van der Waals surface area contributed by atoms with Gasteiger partial charge in [0.15, 0.2) is 0 Å². The van der Waals surface area contributed by atoms with Crippen molar-refractivity contribution >= 4 is 11.6 Å². The molecular weight excluding hydrogens is 238 g/mol. The Balaban J connectivity index is 2.84. The summed E-state index contributed by atoms with van der Waals surface area (Å²) in [6.45, 7) is 6.55. The number of para-hydroxylation sites is 1. The first-order valence-electron chi connectivity index (χ1n) is 6.70. The largest absolute Gasteiger partial charge is 0.398 e. The van der Waals surface area contributed by atoms with Gasteiger partial charge in [0.25, 0.3) is 5.91 Å². The Morgan fingerprint density at radius 1 is 1.21 bits per heavy atom. The molecule has 0 aromatic heterocycles. The molecular formula is C15H25N3O. The summed E-state index contributed by atoms with van der Waals surface area (Å²) in [5.41, 5.74) is 7.03. The van der Waals surface area contributed by atoms with Crippen LogP contribution >= 0.6 is 0 Å². The molecule has 1 aromatic rings. The minimum atomic E-state index is 0.0219. The molecule has 0 saturated heterocycles. The van der Waals surface area contributed by atoms with E-state index in [-0.39, 0.29) is 5.91 Å². The van der Waals surface area contributed by atoms with Crippen molar-refractivity contribution in [2.45, 2.75) is 13.8 Å². The number of rotatable bonds is 6. The minimum Gasteiger partial charge on any atom is -0.398 e. The highest BCUT2D eigenvalue weighted by Crippen LogP contribution is 2.14. The number of likely N-dealkylation sites (N-methyl/N-ethyl adjacent to an activating group) is 1. The number of nitrogens with zero attached hydrogens (tertiary/aromatic N) is 2. The maximum atomic E-state index is 12.5. The molecule has 0 spiro atoms. The van der Waals surface area contributed by atoms with Gasteiger partial charge in [-0.3, -0.25) is 4.79 Å². The van der Waals surface area contributed by atoms with Gasteiger partial charge in [-0.25, -0.2) is 0 Å². The van der Waals surface area contributed by atoms with Gasteiger partial charge in [0.2, 0.25) is 0 Å². The Hall–Kier alpha value is -1.55. The molecule has 1 amide bonds. The van der Waals surface area contributed by atoms with Crippen molar-refractivity contribution in [2.75, 3.05) is 39.5 Å².